The summed E-state index contributed by atoms with van der Waals surface area (Å²) in [6, 6.07) is 1.08. The summed E-state index contributed by atoms with van der Waals surface area (Å²) in [4.78, 5) is 2.70. The lowest BCUT2D eigenvalue weighted by atomic mass is 9.88. The molecule has 1 aliphatic heterocycles. The average molecular weight is 292 g/mol. The average Bonchev–Trinajstić information content (AvgIpc) is 2.68. The molecule has 4 heteroatoms. The number of likely N-dealkylation sites (tertiary alicyclic amines) is 1. The molecule has 1 saturated heterocycles. The van der Waals surface area contributed by atoms with Gasteiger partial charge in [0, 0.05) is 30.9 Å². The molecule has 0 aromatic carbocycles. The molecule has 2 unspecified atom stereocenters. The third-order valence-electron chi connectivity index (χ3n) is 4.77. The molecule has 21 heavy (non-hydrogen) atoms. The molecule has 0 saturated carbocycles. The van der Waals surface area contributed by atoms with E-state index in [0.29, 0.717) is 18.0 Å². The molecule has 0 spiro atoms. The first-order chi connectivity index (χ1) is 10.1. The maximum absolute atomic E-state index is 4.69. The fourth-order valence-corrected chi connectivity index (χ4v) is 3.83. The number of aromatic nitrogens is 2. The first-order valence-corrected chi connectivity index (χ1v) is 8.51. The fraction of sp³-hybridized carbons (Fsp3) is 0.824. The van der Waals surface area contributed by atoms with Crippen molar-refractivity contribution in [2.24, 2.45) is 13.0 Å². The highest BCUT2D eigenvalue weighted by molar-refractivity contribution is 5.23. The van der Waals surface area contributed by atoms with Crippen LogP contribution in [0, 0.1) is 5.92 Å². The van der Waals surface area contributed by atoms with Gasteiger partial charge in [-0.05, 0) is 59.2 Å². The summed E-state index contributed by atoms with van der Waals surface area (Å²) >= 11 is 0. The number of hydrogen-bond acceptors (Lipinski definition) is 3. The van der Waals surface area contributed by atoms with E-state index in [1.54, 1.807) is 0 Å². The van der Waals surface area contributed by atoms with Crippen molar-refractivity contribution in [1.82, 2.24) is 20.0 Å². The normalized spacial score (nSPS) is 24.5. The molecule has 0 radical (unpaired) electrons. The molecule has 2 atom stereocenters. The topological polar surface area (TPSA) is 33.1 Å². The van der Waals surface area contributed by atoms with Crippen LogP contribution in [0.1, 0.15) is 57.3 Å². The minimum absolute atomic E-state index is 0.503. The summed E-state index contributed by atoms with van der Waals surface area (Å²) < 4.78 is 1.99. The first-order valence-electron chi connectivity index (χ1n) is 8.51. The maximum Gasteiger partial charge on any atom is 0.0669 e. The van der Waals surface area contributed by atoms with Crippen LogP contribution >= 0.6 is 0 Å². The molecule has 2 heterocycles. The predicted molar refractivity (Wildman–Crippen MR) is 88.4 cm³/mol. The summed E-state index contributed by atoms with van der Waals surface area (Å²) in [6.45, 7) is 9.18. The van der Waals surface area contributed by atoms with Gasteiger partial charge in [-0.3, -0.25) is 9.58 Å². The van der Waals surface area contributed by atoms with E-state index >= 15 is 0 Å². The minimum Gasteiger partial charge on any atom is -0.319 e. The Morgan fingerprint density at radius 3 is 2.76 bits per heavy atom. The van der Waals surface area contributed by atoms with E-state index < -0.39 is 0 Å². The molecule has 0 aliphatic carbocycles. The molecule has 1 fully saturated rings. The third-order valence-corrected chi connectivity index (χ3v) is 4.77. The highest BCUT2D eigenvalue weighted by Gasteiger charge is 2.34. The van der Waals surface area contributed by atoms with Crippen LogP contribution in [0.5, 0.6) is 0 Å². The van der Waals surface area contributed by atoms with Gasteiger partial charge in [0.1, 0.15) is 0 Å². The van der Waals surface area contributed by atoms with Crippen LogP contribution in [-0.4, -0.2) is 40.9 Å². The summed E-state index contributed by atoms with van der Waals surface area (Å²) in [5.41, 5.74) is 2.73. The molecule has 4 nitrogen and oxygen atoms in total. The molecular weight excluding hydrogens is 260 g/mol. The van der Waals surface area contributed by atoms with Crippen molar-refractivity contribution in [2.75, 3.05) is 20.1 Å². The SMILES string of the molecule is CCc1nn(C)cc1C1C(CNC)CCCCN1C(C)C. The lowest BCUT2D eigenvalue weighted by Crippen LogP contribution is -2.40. The Balaban J connectivity index is 2.42. The Hall–Kier alpha value is -0.870. The van der Waals surface area contributed by atoms with Gasteiger partial charge in [-0.2, -0.15) is 5.10 Å². The standard InChI is InChI=1S/C17H32N4/c1-6-16-15(12-20(5)19-16)17-14(11-18-4)9-7-8-10-21(17)13(2)3/h12-14,17-18H,6-11H2,1-5H3. The number of nitrogens with one attached hydrogen (secondary N) is 1. The lowest BCUT2D eigenvalue weighted by molar-refractivity contribution is 0.118. The van der Waals surface area contributed by atoms with Crippen molar-refractivity contribution >= 4 is 0 Å². The number of hydrogen-bond donors (Lipinski definition) is 1. The Labute approximate surface area is 129 Å². The van der Waals surface area contributed by atoms with Gasteiger partial charge in [0.2, 0.25) is 0 Å². The van der Waals surface area contributed by atoms with Crippen molar-refractivity contribution in [1.29, 1.82) is 0 Å². The Kier molecular flexibility index (Phi) is 5.82. The van der Waals surface area contributed by atoms with Gasteiger partial charge >= 0.3 is 0 Å². The fourth-order valence-electron chi connectivity index (χ4n) is 3.83. The second kappa shape index (κ2) is 7.41. The van der Waals surface area contributed by atoms with Gasteiger partial charge in [0.25, 0.3) is 0 Å². The zero-order valence-corrected chi connectivity index (χ0v) is 14.4. The molecule has 2 rings (SSSR count). The van der Waals surface area contributed by atoms with Crippen LogP contribution < -0.4 is 5.32 Å². The van der Waals surface area contributed by atoms with Crippen molar-refractivity contribution in [3.63, 3.8) is 0 Å². The third kappa shape index (κ3) is 3.67. The quantitative estimate of drug-likeness (QED) is 0.906. The van der Waals surface area contributed by atoms with Gasteiger partial charge in [0.05, 0.1) is 5.69 Å². The molecule has 1 aliphatic rings. The Morgan fingerprint density at radius 2 is 2.14 bits per heavy atom. The summed E-state index contributed by atoms with van der Waals surface area (Å²) in [6.07, 6.45) is 7.24. The van der Waals surface area contributed by atoms with Crippen molar-refractivity contribution < 1.29 is 0 Å². The van der Waals surface area contributed by atoms with Crippen LogP contribution in [0.15, 0.2) is 6.20 Å². The predicted octanol–water partition coefficient (Wildman–Crippen LogP) is 2.75. The van der Waals surface area contributed by atoms with E-state index in [1.807, 2.05) is 11.7 Å². The highest BCUT2D eigenvalue weighted by Crippen LogP contribution is 2.37. The maximum atomic E-state index is 4.69. The zero-order valence-electron chi connectivity index (χ0n) is 14.4. The summed E-state index contributed by atoms with van der Waals surface area (Å²) in [5, 5.41) is 8.11. The van der Waals surface area contributed by atoms with E-state index in [0.717, 1.165) is 13.0 Å². The monoisotopic (exact) mass is 292 g/mol. The second-order valence-corrected chi connectivity index (χ2v) is 6.65. The first kappa shape index (κ1) is 16.5. The molecule has 1 aromatic rings. The molecule has 120 valence electrons. The van der Waals surface area contributed by atoms with Crippen LogP contribution in [0.25, 0.3) is 0 Å². The van der Waals surface area contributed by atoms with Gasteiger partial charge in [0.15, 0.2) is 0 Å². The number of nitrogens with zero attached hydrogens (tertiary/aromatic N) is 3. The Morgan fingerprint density at radius 1 is 1.38 bits per heavy atom. The van der Waals surface area contributed by atoms with Crippen LogP contribution in [0.3, 0.4) is 0 Å². The highest BCUT2D eigenvalue weighted by atomic mass is 15.3. The minimum atomic E-state index is 0.503. The van der Waals surface area contributed by atoms with Crippen molar-refractivity contribution in [3.05, 3.63) is 17.5 Å². The van der Waals surface area contributed by atoms with Crippen LogP contribution in [0.2, 0.25) is 0 Å². The molecule has 1 N–H and O–H groups in total. The number of rotatable bonds is 5. The van der Waals surface area contributed by atoms with Gasteiger partial charge in [-0.15, -0.1) is 0 Å². The molecule has 1 aromatic heterocycles. The molecular formula is C17H32N4. The van der Waals surface area contributed by atoms with Crippen molar-refractivity contribution in [3.8, 4) is 0 Å². The largest absolute Gasteiger partial charge is 0.319 e. The van der Waals surface area contributed by atoms with Gasteiger partial charge in [-0.25, -0.2) is 0 Å². The van der Waals surface area contributed by atoms with E-state index in [4.69, 9.17) is 5.10 Å². The van der Waals surface area contributed by atoms with E-state index in [1.165, 1.54) is 37.1 Å². The lowest BCUT2D eigenvalue weighted by Gasteiger charge is -2.38. The molecule has 0 amide bonds. The van der Waals surface area contributed by atoms with Crippen molar-refractivity contribution in [2.45, 2.75) is 58.5 Å². The van der Waals surface area contributed by atoms with Crippen LogP contribution in [-0.2, 0) is 13.5 Å². The van der Waals surface area contributed by atoms with Crippen LogP contribution in [0.4, 0.5) is 0 Å². The second-order valence-electron chi connectivity index (χ2n) is 6.65. The number of aryl methyl sites for hydroxylation is 2. The smallest absolute Gasteiger partial charge is 0.0669 e. The van der Waals surface area contributed by atoms with E-state index in [2.05, 4.69) is 44.2 Å². The summed E-state index contributed by atoms with van der Waals surface area (Å²) in [7, 11) is 4.12. The van der Waals surface area contributed by atoms with Gasteiger partial charge < -0.3 is 5.32 Å². The van der Waals surface area contributed by atoms with Gasteiger partial charge in [-0.1, -0.05) is 13.3 Å². The van der Waals surface area contributed by atoms with E-state index in [9.17, 15) is 0 Å². The summed E-state index contributed by atoms with van der Waals surface area (Å²) in [5.74, 6) is 0.675. The zero-order chi connectivity index (χ0) is 15.4. The Bertz CT molecular complexity index is 438. The van der Waals surface area contributed by atoms with E-state index in [-0.39, 0.29) is 0 Å². The molecule has 0 bridgehead atoms.